The molecule has 6 heteroatoms. The minimum Gasteiger partial charge on any atom is -0.398 e. The van der Waals surface area contributed by atoms with Crippen molar-refractivity contribution < 1.29 is 13.2 Å². The molecule has 0 radical (unpaired) electrons. The van der Waals surface area contributed by atoms with Crippen molar-refractivity contribution in [3.8, 4) is 0 Å². The lowest BCUT2D eigenvalue weighted by Gasteiger charge is -2.24. The zero-order valence-corrected chi connectivity index (χ0v) is 11.7. The average Bonchev–Trinajstić information content (AvgIpc) is 2.27. The normalized spacial score (nSPS) is 21.8. The number of hydrogen-bond donors (Lipinski definition) is 2. The van der Waals surface area contributed by atoms with Crippen LogP contribution in [0.15, 0.2) is 18.2 Å². The Morgan fingerprint density at radius 2 is 2.16 bits per heavy atom. The van der Waals surface area contributed by atoms with E-state index in [9.17, 15) is 13.2 Å². The molecule has 1 aliphatic rings. The number of anilines is 2. The van der Waals surface area contributed by atoms with Crippen molar-refractivity contribution in [1.82, 2.24) is 0 Å². The average molecular weight is 282 g/mol. The van der Waals surface area contributed by atoms with Crippen LogP contribution in [0, 0.1) is 0 Å². The maximum absolute atomic E-state index is 11.6. The smallest absolute Gasteiger partial charge is 0.161 e. The second-order valence-electron chi connectivity index (χ2n) is 4.96. The quantitative estimate of drug-likeness (QED) is 0.647. The Hall–Kier alpha value is -1.56. The van der Waals surface area contributed by atoms with E-state index in [1.54, 1.807) is 18.2 Å². The number of carbonyl (C=O) groups excluding carboxylic acids is 1. The summed E-state index contributed by atoms with van der Waals surface area (Å²) in [5, 5.41) is 3.17. The molecule has 5 nitrogen and oxygen atoms in total. The molecule has 0 spiro atoms. The van der Waals surface area contributed by atoms with Gasteiger partial charge >= 0.3 is 0 Å². The van der Waals surface area contributed by atoms with E-state index in [-0.39, 0.29) is 23.3 Å². The second kappa shape index (κ2) is 5.21. The van der Waals surface area contributed by atoms with Crippen LogP contribution in [0.3, 0.4) is 0 Å². The van der Waals surface area contributed by atoms with E-state index in [0.717, 1.165) is 12.1 Å². The highest BCUT2D eigenvalue weighted by molar-refractivity contribution is 7.91. The first-order chi connectivity index (χ1) is 8.87. The van der Waals surface area contributed by atoms with E-state index in [1.165, 1.54) is 6.92 Å². The molecule has 1 saturated heterocycles. The summed E-state index contributed by atoms with van der Waals surface area (Å²) < 4.78 is 23.1. The number of nitrogens with one attached hydrogen (secondary N) is 1. The standard InChI is InChI=1S/C13H18N2O3S/c1-9(16)12-5-4-10(7-13(12)14)15-11-3-2-6-19(17,18)8-11/h4-5,7,11,15H,2-3,6,8,14H2,1H3. The molecule has 0 bridgehead atoms. The lowest BCUT2D eigenvalue weighted by Crippen LogP contribution is -2.34. The molecule has 0 aliphatic carbocycles. The predicted octanol–water partition coefficient (Wildman–Crippen LogP) is 1.46. The number of hydrogen-bond acceptors (Lipinski definition) is 5. The zero-order valence-electron chi connectivity index (χ0n) is 10.8. The first kappa shape index (κ1) is 13.9. The van der Waals surface area contributed by atoms with Crippen LogP contribution in [0.2, 0.25) is 0 Å². The maximum Gasteiger partial charge on any atom is 0.161 e. The zero-order chi connectivity index (χ0) is 14.0. The fourth-order valence-corrected chi connectivity index (χ4v) is 3.98. The van der Waals surface area contributed by atoms with Gasteiger partial charge < -0.3 is 11.1 Å². The van der Waals surface area contributed by atoms with Gasteiger partial charge in [-0.3, -0.25) is 4.79 Å². The minimum absolute atomic E-state index is 0.0794. The molecular weight excluding hydrogens is 264 g/mol. The van der Waals surface area contributed by atoms with Gasteiger partial charge in [0.15, 0.2) is 15.6 Å². The highest BCUT2D eigenvalue weighted by Crippen LogP contribution is 2.22. The monoisotopic (exact) mass is 282 g/mol. The fraction of sp³-hybridized carbons (Fsp3) is 0.462. The van der Waals surface area contributed by atoms with Gasteiger partial charge in [0.05, 0.1) is 11.5 Å². The summed E-state index contributed by atoms with van der Waals surface area (Å²) >= 11 is 0. The van der Waals surface area contributed by atoms with Gasteiger partial charge in [-0.2, -0.15) is 0 Å². The maximum atomic E-state index is 11.6. The summed E-state index contributed by atoms with van der Waals surface area (Å²) in [5.41, 5.74) is 7.46. The van der Waals surface area contributed by atoms with Crippen LogP contribution in [0.25, 0.3) is 0 Å². The topological polar surface area (TPSA) is 89.3 Å². The Kier molecular flexibility index (Phi) is 3.80. The molecule has 0 aromatic heterocycles. The van der Waals surface area contributed by atoms with Crippen LogP contribution in [-0.4, -0.2) is 31.7 Å². The second-order valence-corrected chi connectivity index (χ2v) is 7.18. The molecule has 0 amide bonds. The van der Waals surface area contributed by atoms with Crippen molar-refractivity contribution in [3.63, 3.8) is 0 Å². The summed E-state index contributed by atoms with van der Waals surface area (Å²) in [7, 11) is -2.93. The lowest BCUT2D eigenvalue weighted by atomic mass is 10.1. The summed E-state index contributed by atoms with van der Waals surface area (Å²) in [6, 6.07) is 5.02. The van der Waals surface area contributed by atoms with E-state index in [2.05, 4.69) is 5.32 Å². The Bertz CT molecular complexity index is 596. The van der Waals surface area contributed by atoms with Crippen molar-refractivity contribution in [2.45, 2.75) is 25.8 Å². The third-order valence-electron chi connectivity index (χ3n) is 3.26. The first-order valence-corrected chi connectivity index (χ1v) is 8.07. The van der Waals surface area contributed by atoms with Gasteiger partial charge in [0.2, 0.25) is 0 Å². The molecule has 3 N–H and O–H groups in total. The molecular formula is C13H18N2O3S. The van der Waals surface area contributed by atoms with Gasteiger partial charge in [0.1, 0.15) is 0 Å². The van der Waals surface area contributed by atoms with Gasteiger partial charge in [-0.25, -0.2) is 8.42 Å². The first-order valence-electron chi connectivity index (χ1n) is 6.25. The largest absolute Gasteiger partial charge is 0.398 e. The summed E-state index contributed by atoms with van der Waals surface area (Å²) in [6.45, 7) is 1.46. The van der Waals surface area contributed by atoms with Crippen molar-refractivity contribution in [2.75, 3.05) is 22.6 Å². The minimum atomic E-state index is -2.93. The van der Waals surface area contributed by atoms with Crippen LogP contribution in [0.1, 0.15) is 30.1 Å². The molecule has 0 saturated carbocycles. The van der Waals surface area contributed by atoms with Crippen LogP contribution < -0.4 is 11.1 Å². The Labute approximate surface area is 113 Å². The molecule has 19 heavy (non-hydrogen) atoms. The van der Waals surface area contributed by atoms with Gasteiger partial charge in [-0.15, -0.1) is 0 Å². The molecule has 1 heterocycles. The Morgan fingerprint density at radius 3 is 2.74 bits per heavy atom. The summed E-state index contributed by atoms with van der Waals surface area (Å²) in [4.78, 5) is 11.3. The van der Waals surface area contributed by atoms with Crippen molar-refractivity contribution in [3.05, 3.63) is 23.8 Å². The number of nitrogen functional groups attached to an aromatic ring is 1. The van der Waals surface area contributed by atoms with Crippen LogP contribution in [0.4, 0.5) is 11.4 Å². The number of sulfone groups is 1. The van der Waals surface area contributed by atoms with Crippen LogP contribution >= 0.6 is 0 Å². The third-order valence-corrected chi connectivity index (χ3v) is 5.09. The van der Waals surface area contributed by atoms with E-state index >= 15 is 0 Å². The highest BCUT2D eigenvalue weighted by atomic mass is 32.2. The van der Waals surface area contributed by atoms with Crippen molar-refractivity contribution in [1.29, 1.82) is 0 Å². The number of rotatable bonds is 3. The number of ketones is 1. The number of carbonyl (C=O) groups is 1. The molecule has 1 unspecified atom stereocenters. The SMILES string of the molecule is CC(=O)c1ccc(NC2CCCS(=O)(=O)C2)cc1N. The van der Waals surface area contributed by atoms with Gasteiger partial charge in [0, 0.05) is 23.0 Å². The van der Waals surface area contributed by atoms with E-state index in [4.69, 9.17) is 5.73 Å². The molecule has 104 valence electrons. The number of nitrogens with two attached hydrogens (primary N) is 1. The molecule has 2 rings (SSSR count). The van der Waals surface area contributed by atoms with Gasteiger partial charge in [-0.1, -0.05) is 0 Å². The van der Waals surface area contributed by atoms with Crippen molar-refractivity contribution in [2.24, 2.45) is 0 Å². The van der Waals surface area contributed by atoms with E-state index < -0.39 is 9.84 Å². The molecule has 1 fully saturated rings. The van der Waals surface area contributed by atoms with E-state index in [1.807, 2.05) is 0 Å². The van der Waals surface area contributed by atoms with Gasteiger partial charge in [-0.05, 0) is 38.0 Å². The van der Waals surface area contributed by atoms with E-state index in [0.29, 0.717) is 17.7 Å². The number of benzene rings is 1. The molecule has 1 aromatic rings. The molecule has 1 aromatic carbocycles. The lowest BCUT2D eigenvalue weighted by molar-refractivity contribution is 0.101. The van der Waals surface area contributed by atoms with Crippen molar-refractivity contribution >= 4 is 27.0 Å². The highest BCUT2D eigenvalue weighted by Gasteiger charge is 2.24. The third kappa shape index (κ3) is 3.47. The van der Waals surface area contributed by atoms with Crippen LogP contribution in [-0.2, 0) is 9.84 Å². The summed E-state index contributed by atoms with van der Waals surface area (Å²) in [6.07, 6.45) is 1.51. The predicted molar refractivity (Wildman–Crippen MR) is 76.2 cm³/mol. The Balaban J connectivity index is 2.11. The number of Topliss-reactive ketones (excluding diaryl/α,β-unsaturated/α-hetero) is 1. The summed E-state index contributed by atoms with van der Waals surface area (Å²) in [5.74, 6) is 0.349. The van der Waals surface area contributed by atoms with Gasteiger partial charge in [0.25, 0.3) is 0 Å². The molecule has 1 atom stereocenters. The van der Waals surface area contributed by atoms with Crippen LogP contribution in [0.5, 0.6) is 0 Å². The molecule has 1 aliphatic heterocycles. The Morgan fingerprint density at radius 1 is 1.42 bits per heavy atom. The fourth-order valence-electron chi connectivity index (χ4n) is 2.35.